The minimum absolute atomic E-state index is 0.304. The molecule has 0 bridgehead atoms. The summed E-state index contributed by atoms with van der Waals surface area (Å²) in [5.74, 6) is -0.386. The van der Waals surface area contributed by atoms with Crippen molar-refractivity contribution < 1.29 is 9.53 Å². The Kier molecular flexibility index (Phi) is 8.32. The third kappa shape index (κ3) is 6.52. The van der Waals surface area contributed by atoms with E-state index in [1.807, 2.05) is 0 Å². The Morgan fingerprint density at radius 1 is 1.00 bits per heavy atom. The number of carbonyl (C=O) groups is 1. The molecule has 0 saturated carbocycles. The number of para-hydroxylation sites is 1. The summed E-state index contributed by atoms with van der Waals surface area (Å²) in [5.41, 5.74) is 12.5. The number of unbranched alkanes of at least 4 members (excludes halogenated alkanes) is 7. The molecule has 4 nitrogen and oxygen atoms in total. The van der Waals surface area contributed by atoms with Gasteiger partial charge in [0.1, 0.15) is 0 Å². The minimum Gasteiger partial charge on any atom is -0.462 e. The highest BCUT2D eigenvalue weighted by atomic mass is 16.5. The van der Waals surface area contributed by atoms with Crippen molar-refractivity contribution in [3.05, 3.63) is 23.8 Å². The molecule has 118 valence electrons. The zero-order chi connectivity index (χ0) is 15.5. The lowest BCUT2D eigenvalue weighted by atomic mass is 10.1. The molecule has 0 aromatic heterocycles. The molecule has 1 aromatic carbocycles. The van der Waals surface area contributed by atoms with E-state index in [1.165, 1.54) is 38.5 Å². The van der Waals surface area contributed by atoms with Crippen LogP contribution in [0.2, 0.25) is 0 Å². The smallest absolute Gasteiger partial charge is 0.340 e. The lowest BCUT2D eigenvalue weighted by Crippen LogP contribution is -2.10. The second kappa shape index (κ2) is 10.1. The van der Waals surface area contributed by atoms with Crippen molar-refractivity contribution in [2.24, 2.45) is 0 Å². The first-order valence-electron chi connectivity index (χ1n) is 7.98. The first kappa shape index (κ1) is 17.3. The number of esters is 1. The topological polar surface area (TPSA) is 78.3 Å². The summed E-state index contributed by atoms with van der Waals surface area (Å²) in [6, 6.07) is 5.02. The third-order valence-corrected chi connectivity index (χ3v) is 3.59. The molecule has 0 aliphatic heterocycles. The Balaban J connectivity index is 2.13. The number of nitrogens with two attached hydrogens (primary N) is 2. The highest BCUT2D eigenvalue weighted by molar-refractivity contribution is 5.97. The highest BCUT2D eigenvalue weighted by Gasteiger charge is 2.12. The van der Waals surface area contributed by atoms with Crippen molar-refractivity contribution in [3.63, 3.8) is 0 Å². The average Bonchev–Trinajstić information content (AvgIpc) is 2.48. The van der Waals surface area contributed by atoms with Gasteiger partial charge in [-0.05, 0) is 18.6 Å². The summed E-state index contributed by atoms with van der Waals surface area (Å²) in [6.07, 6.45) is 9.75. The molecular weight excluding hydrogens is 264 g/mol. The zero-order valence-electron chi connectivity index (χ0n) is 13.1. The van der Waals surface area contributed by atoms with Gasteiger partial charge in [0.2, 0.25) is 0 Å². The maximum Gasteiger partial charge on any atom is 0.340 e. The van der Waals surface area contributed by atoms with Crippen LogP contribution in [0.5, 0.6) is 0 Å². The summed E-state index contributed by atoms with van der Waals surface area (Å²) in [4.78, 5) is 11.9. The van der Waals surface area contributed by atoms with Crippen LogP contribution >= 0.6 is 0 Å². The standard InChI is InChI=1S/C17H28N2O2/c1-2-3-4-5-6-7-8-9-13-21-17(20)14-11-10-12-15(18)16(14)19/h10-12H,2-9,13,18-19H2,1H3. The van der Waals surface area contributed by atoms with Crippen molar-refractivity contribution in [3.8, 4) is 0 Å². The second-order valence-corrected chi connectivity index (χ2v) is 5.42. The molecular formula is C17H28N2O2. The van der Waals surface area contributed by atoms with Crippen molar-refractivity contribution >= 4 is 17.3 Å². The zero-order valence-corrected chi connectivity index (χ0v) is 13.1. The molecule has 1 rings (SSSR count). The Morgan fingerprint density at radius 3 is 2.29 bits per heavy atom. The Hall–Kier alpha value is -1.71. The molecule has 0 heterocycles. The Bertz CT molecular complexity index is 433. The number of benzene rings is 1. The SMILES string of the molecule is CCCCCCCCCCOC(=O)c1cccc(N)c1N. The maximum atomic E-state index is 11.9. The van der Waals surface area contributed by atoms with Gasteiger partial charge in [-0.1, -0.05) is 57.9 Å². The summed E-state index contributed by atoms with van der Waals surface area (Å²) >= 11 is 0. The van der Waals surface area contributed by atoms with Gasteiger partial charge >= 0.3 is 5.97 Å². The van der Waals surface area contributed by atoms with E-state index >= 15 is 0 Å². The normalized spacial score (nSPS) is 10.5. The monoisotopic (exact) mass is 292 g/mol. The van der Waals surface area contributed by atoms with E-state index in [4.69, 9.17) is 16.2 Å². The molecule has 0 saturated heterocycles. The molecule has 0 fully saturated rings. The molecule has 1 aromatic rings. The molecule has 0 atom stereocenters. The van der Waals surface area contributed by atoms with E-state index in [2.05, 4.69) is 6.92 Å². The van der Waals surface area contributed by atoms with Gasteiger partial charge in [-0.25, -0.2) is 4.79 Å². The number of hydrogen-bond acceptors (Lipinski definition) is 4. The van der Waals surface area contributed by atoms with Crippen LogP contribution in [0.3, 0.4) is 0 Å². The quantitative estimate of drug-likeness (QED) is 0.386. The first-order chi connectivity index (χ1) is 10.2. The van der Waals surface area contributed by atoms with Crippen molar-refractivity contribution in [2.75, 3.05) is 18.1 Å². The number of nitrogen functional groups attached to an aromatic ring is 2. The fraction of sp³-hybridized carbons (Fsp3) is 0.588. The average molecular weight is 292 g/mol. The van der Waals surface area contributed by atoms with Gasteiger partial charge in [0.05, 0.1) is 23.5 Å². The van der Waals surface area contributed by atoms with E-state index in [0.717, 1.165) is 12.8 Å². The number of ether oxygens (including phenoxy) is 1. The Labute approximate surface area is 127 Å². The predicted molar refractivity (Wildman–Crippen MR) is 88.2 cm³/mol. The van der Waals surface area contributed by atoms with Gasteiger partial charge in [-0.3, -0.25) is 0 Å². The summed E-state index contributed by atoms with van der Waals surface area (Å²) < 4.78 is 5.23. The van der Waals surface area contributed by atoms with Crippen LogP contribution in [0.4, 0.5) is 11.4 Å². The molecule has 0 spiro atoms. The summed E-state index contributed by atoms with van der Waals surface area (Å²) in [7, 11) is 0. The summed E-state index contributed by atoms with van der Waals surface area (Å²) in [6.45, 7) is 2.67. The van der Waals surface area contributed by atoms with E-state index < -0.39 is 0 Å². The van der Waals surface area contributed by atoms with Crippen LogP contribution in [-0.4, -0.2) is 12.6 Å². The highest BCUT2D eigenvalue weighted by Crippen LogP contribution is 2.20. The molecule has 0 unspecified atom stereocenters. The fourth-order valence-corrected chi connectivity index (χ4v) is 2.24. The number of hydrogen-bond donors (Lipinski definition) is 2. The number of carbonyl (C=O) groups excluding carboxylic acids is 1. The Morgan fingerprint density at radius 2 is 1.62 bits per heavy atom. The number of anilines is 2. The van der Waals surface area contributed by atoms with Crippen LogP contribution in [0.15, 0.2) is 18.2 Å². The molecule has 0 amide bonds. The lowest BCUT2D eigenvalue weighted by Gasteiger charge is -2.08. The van der Waals surface area contributed by atoms with Gasteiger partial charge in [-0.2, -0.15) is 0 Å². The van der Waals surface area contributed by atoms with E-state index in [-0.39, 0.29) is 5.97 Å². The molecule has 0 radical (unpaired) electrons. The van der Waals surface area contributed by atoms with Crippen LogP contribution in [0, 0.1) is 0 Å². The van der Waals surface area contributed by atoms with E-state index in [9.17, 15) is 4.79 Å². The van der Waals surface area contributed by atoms with Gasteiger partial charge in [0.25, 0.3) is 0 Å². The molecule has 0 aliphatic rings. The second-order valence-electron chi connectivity index (χ2n) is 5.42. The maximum absolute atomic E-state index is 11.9. The fourth-order valence-electron chi connectivity index (χ4n) is 2.24. The summed E-state index contributed by atoms with van der Waals surface area (Å²) in [5, 5.41) is 0. The molecule has 4 N–H and O–H groups in total. The lowest BCUT2D eigenvalue weighted by molar-refractivity contribution is 0.0499. The molecule has 4 heteroatoms. The van der Waals surface area contributed by atoms with Gasteiger partial charge in [-0.15, -0.1) is 0 Å². The minimum atomic E-state index is -0.386. The third-order valence-electron chi connectivity index (χ3n) is 3.59. The van der Waals surface area contributed by atoms with Gasteiger partial charge in [0, 0.05) is 0 Å². The van der Waals surface area contributed by atoms with Gasteiger partial charge in [0.15, 0.2) is 0 Å². The van der Waals surface area contributed by atoms with E-state index in [0.29, 0.717) is 23.5 Å². The predicted octanol–water partition coefficient (Wildman–Crippen LogP) is 4.15. The van der Waals surface area contributed by atoms with Crippen LogP contribution < -0.4 is 11.5 Å². The number of rotatable bonds is 10. The largest absolute Gasteiger partial charge is 0.462 e. The van der Waals surface area contributed by atoms with Crippen molar-refractivity contribution in [1.82, 2.24) is 0 Å². The molecule has 21 heavy (non-hydrogen) atoms. The molecule has 0 aliphatic carbocycles. The first-order valence-corrected chi connectivity index (χ1v) is 7.98. The van der Waals surface area contributed by atoms with E-state index in [1.54, 1.807) is 18.2 Å². The van der Waals surface area contributed by atoms with Crippen LogP contribution in [-0.2, 0) is 4.74 Å². The van der Waals surface area contributed by atoms with Crippen molar-refractivity contribution in [2.45, 2.75) is 58.3 Å². The van der Waals surface area contributed by atoms with Crippen molar-refractivity contribution in [1.29, 1.82) is 0 Å². The van der Waals surface area contributed by atoms with Gasteiger partial charge < -0.3 is 16.2 Å². The van der Waals surface area contributed by atoms with Crippen LogP contribution in [0.1, 0.15) is 68.6 Å². The van der Waals surface area contributed by atoms with Crippen LogP contribution in [0.25, 0.3) is 0 Å².